The van der Waals surface area contributed by atoms with Gasteiger partial charge in [-0.05, 0) is 24.3 Å². The molecule has 0 aliphatic carbocycles. The second kappa shape index (κ2) is 4.79. The molecule has 2 aromatic rings. The Kier molecular flexibility index (Phi) is 3.18. The normalized spacial score (nSPS) is 10.1. The molecule has 0 fully saturated rings. The smallest absolute Gasteiger partial charge is 0.354 e. The molecule has 0 spiro atoms. The topological polar surface area (TPSA) is 62.2 Å². The van der Waals surface area contributed by atoms with E-state index in [1.54, 1.807) is 0 Å². The molecule has 2 N–H and O–H groups in total. The molecular weight excluding hydrogens is 242 g/mol. The highest BCUT2D eigenvalue weighted by Gasteiger charge is 2.06. The van der Waals surface area contributed by atoms with Crippen LogP contribution in [0.4, 0.5) is 20.2 Å². The predicted molar refractivity (Wildman–Crippen MR) is 60.8 cm³/mol. The molecular formula is C12H8F2N2O2. The number of anilines is 2. The van der Waals surface area contributed by atoms with Crippen molar-refractivity contribution in [2.45, 2.75) is 0 Å². The molecule has 0 aliphatic heterocycles. The summed E-state index contributed by atoms with van der Waals surface area (Å²) in [5, 5.41) is 11.5. The van der Waals surface area contributed by atoms with Gasteiger partial charge in [0, 0.05) is 23.6 Å². The Morgan fingerprint density at radius 2 is 1.78 bits per heavy atom. The van der Waals surface area contributed by atoms with Gasteiger partial charge >= 0.3 is 5.97 Å². The largest absolute Gasteiger partial charge is 0.477 e. The summed E-state index contributed by atoms with van der Waals surface area (Å²) in [5.41, 5.74) is 0.416. The highest BCUT2D eigenvalue weighted by molar-refractivity contribution is 5.86. The van der Waals surface area contributed by atoms with Gasteiger partial charge in [-0.25, -0.2) is 18.6 Å². The number of aromatic carboxylic acids is 1. The van der Waals surface area contributed by atoms with Crippen molar-refractivity contribution < 1.29 is 18.7 Å². The van der Waals surface area contributed by atoms with E-state index in [1.165, 1.54) is 18.3 Å². The van der Waals surface area contributed by atoms with Crippen LogP contribution in [-0.4, -0.2) is 16.1 Å². The van der Waals surface area contributed by atoms with Crippen LogP contribution >= 0.6 is 0 Å². The van der Waals surface area contributed by atoms with Gasteiger partial charge < -0.3 is 10.4 Å². The molecule has 4 nitrogen and oxygen atoms in total. The zero-order valence-electron chi connectivity index (χ0n) is 9.02. The number of hydrogen-bond acceptors (Lipinski definition) is 3. The van der Waals surface area contributed by atoms with Gasteiger partial charge in [0.1, 0.15) is 17.3 Å². The first kappa shape index (κ1) is 12.0. The number of carboxylic acid groups (broad SMARTS) is 1. The quantitative estimate of drug-likeness (QED) is 0.879. The minimum Gasteiger partial charge on any atom is -0.477 e. The first-order valence-corrected chi connectivity index (χ1v) is 4.97. The van der Waals surface area contributed by atoms with Crippen molar-refractivity contribution in [3.63, 3.8) is 0 Å². The van der Waals surface area contributed by atoms with Crippen molar-refractivity contribution in [3.05, 3.63) is 53.9 Å². The minimum absolute atomic E-state index is 0.156. The van der Waals surface area contributed by atoms with Crippen LogP contribution in [0.1, 0.15) is 10.5 Å². The monoisotopic (exact) mass is 250 g/mol. The third-order valence-electron chi connectivity index (χ3n) is 2.13. The summed E-state index contributed by atoms with van der Waals surface area (Å²) in [6.45, 7) is 0. The maximum Gasteiger partial charge on any atom is 0.354 e. The van der Waals surface area contributed by atoms with Gasteiger partial charge in [-0.2, -0.15) is 0 Å². The van der Waals surface area contributed by atoms with Gasteiger partial charge in [0.05, 0.1) is 0 Å². The zero-order chi connectivity index (χ0) is 13.1. The van der Waals surface area contributed by atoms with Gasteiger partial charge in [-0.15, -0.1) is 0 Å². The molecule has 0 atom stereocenters. The molecule has 6 heteroatoms. The van der Waals surface area contributed by atoms with Crippen molar-refractivity contribution in [1.29, 1.82) is 0 Å². The number of carboxylic acids is 1. The fourth-order valence-electron chi connectivity index (χ4n) is 1.42. The van der Waals surface area contributed by atoms with Crippen LogP contribution in [0.15, 0.2) is 36.5 Å². The first-order valence-electron chi connectivity index (χ1n) is 4.97. The summed E-state index contributed by atoms with van der Waals surface area (Å²) < 4.78 is 25.9. The summed E-state index contributed by atoms with van der Waals surface area (Å²) in [5.74, 6) is -2.61. The van der Waals surface area contributed by atoms with Crippen LogP contribution in [0.25, 0.3) is 0 Å². The first-order chi connectivity index (χ1) is 8.54. The van der Waals surface area contributed by atoms with Gasteiger partial charge in [-0.3, -0.25) is 0 Å². The summed E-state index contributed by atoms with van der Waals surface area (Å²) in [4.78, 5) is 14.3. The van der Waals surface area contributed by atoms with Crippen molar-refractivity contribution in [2.24, 2.45) is 0 Å². The maximum absolute atomic E-state index is 13.0. The standard InChI is InChI=1S/C12H8F2N2O2/c13-7-3-8(14)5-10(4-7)16-9-1-2-15-11(6-9)12(17)18/h1-6H,(H,15,16)(H,17,18). The zero-order valence-corrected chi connectivity index (χ0v) is 9.02. The fourth-order valence-corrected chi connectivity index (χ4v) is 1.42. The molecule has 0 radical (unpaired) electrons. The van der Waals surface area contributed by atoms with Crippen molar-refractivity contribution in [2.75, 3.05) is 5.32 Å². The molecule has 1 heterocycles. The van der Waals surface area contributed by atoms with E-state index < -0.39 is 17.6 Å². The Hall–Kier alpha value is -2.50. The summed E-state index contributed by atoms with van der Waals surface area (Å²) in [6.07, 6.45) is 1.29. The van der Waals surface area contributed by atoms with Gasteiger partial charge in [-0.1, -0.05) is 0 Å². The van der Waals surface area contributed by atoms with E-state index >= 15 is 0 Å². The third-order valence-corrected chi connectivity index (χ3v) is 2.13. The number of nitrogens with one attached hydrogen (secondary N) is 1. The molecule has 0 aliphatic rings. The number of benzene rings is 1. The average molecular weight is 250 g/mol. The lowest BCUT2D eigenvalue weighted by Crippen LogP contribution is -2.01. The maximum atomic E-state index is 13.0. The Morgan fingerprint density at radius 1 is 1.11 bits per heavy atom. The molecule has 0 unspecified atom stereocenters. The Morgan fingerprint density at radius 3 is 2.39 bits per heavy atom. The van der Waals surface area contributed by atoms with Crippen LogP contribution in [0, 0.1) is 11.6 Å². The number of halogens is 2. The Balaban J connectivity index is 2.28. The number of aromatic nitrogens is 1. The van der Waals surface area contributed by atoms with Gasteiger partial charge in [0.2, 0.25) is 0 Å². The average Bonchev–Trinajstić information content (AvgIpc) is 2.27. The van der Waals surface area contributed by atoms with Crippen LogP contribution < -0.4 is 5.32 Å². The number of carbonyl (C=O) groups is 1. The van der Waals surface area contributed by atoms with E-state index in [2.05, 4.69) is 10.3 Å². The van der Waals surface area contributed by atoms with Crippen molar-refractivity contribution in [3.8, 4) is 0 Å². The SMILES string of the molecule is O=C(O)c1cc(Nc2cc(F)cc(F)c2)ccn1. The summed E-state index contributed by atoms with van der Waals surface area (Å²) in [6, 6.07) is 5.72. The molecule has 0 bridgehead atoms. The summed E-state index contributed by atoms with van der Waals surface area (Å²) >= 11 is 0. The lowest BCUT2D eigenvalue weighted by atomic mass is 10.2. The second-order valence-electron chi connectivity index (χ2n) is 3.52. The van der Waals surface area contributed by atoms with Crippen LogP contribution in [0.3, 0.4) is 0 Å². The van der Waals surface area contributed by atoms with E-state index in [0.717, 1.165) is 18.2 Å². The Bertz CT molecular complexity index is 582. The molecule has 1 aromatic heterocycles. The van der Waals surface area contributed by atoms with E-state index in [9.17, 15) is 13.6 Å². The summed E-state index contributed by atoms with van der Waals surface area (Å²) in [7, 11) is 0. The van der Waals surface area contributed by atoms with E-state index in [-0.39, 0.29) is 11.4 Å². The number of pyridine rings is 1. The minimum atomic E-state index is -1.18. The van der Waals surface area contributed by atoms with Crippen molar-refractivity contribution in [1.82, 2.24) is 4.98 Å². The van der Waals surface area contributed by atoms with Gasteiger partial charge in [0.25, 0.3) is 0 Å². The molecule has 0 saturated carbocycles. The lowest BCUT2D eigenvalue weighted by molar-refractivity contribution is 0.0690. The highest BCUT2D eigenvalue weighted by atomic mass is 19.1. The molecule has 0 saturated heterocycles. The molecule has 1 aromatic carbocycles. The van der Waals surface area contributed by atoms with Crippen molar-refractivity contribution >= 4 is 17.3 Å². The predicted octanol–water partition coefficient (Wildman–Crippen LogP) is 2.80. The Labute approximate surface area is 101 Å². The molecule has 0 amide bonds. The van der Waals surface area contributed by atoms with E-state index in [0.29, 0.717) is 5.69 Å². The second-order valence-corrected chi connectivity index (χ2v) is 3.52. The molecule has 92 valence electrons. The van der Waals surface area contributed by atoms with E-state index in [4.69, 9.17) is 5.11 Å². The van der Waals surface area contributed by atoms with Crippen LogP contribution in [-0.2, 0) is 0 Å². The van der Waals surface area contributed by atoms with Gasteiger partial charge in [0.15, 0.2) is 0 Å². The molecule has 18 heavy (non-hydrogen) atoms. The number of hydrogen-bond donors (Lipinski definition) is 2. The highest BCUT2D eigenvalue weighted by Crippen LogP contribution is 2.19. The number of rotatable bonds is 3. The lowest BCUT2D eigenvalue weighted by Gasteiger charge is -2.07. The number of nitrogens with zero attached hydrogens (tertiary/aromatic N) is 1. The van der Waals surface area contributed by atoms with Crippen LogP contribution in [0.2, 0.25) is 0 Å². The van der Waals surface area contributed by atoms with Crippen LogP contribution in [0.5, 0.6) is 0 Å². The molecule has 2 rings (SSSR count). The van der Waals surface area contributed by atoms with E-state index in [1.807, 2.05) is 0 Å². The third kappa shape index (κ3) is 2.79. The fraction of sp³-hybridized carbons (Fsp3) is 0.